The molecule has 0 saturated carbocycles. The quantitative estimate of drug-likeness (QED) is 0.500. The van der Waals surface area contributed by atoms with Crippen molar-refractivity contribution in [2.45, 2.75) is 26.3 Å². The molecule has 0 bridgehead atoms. The Morgan fingerprint density at radius 2 is 1.84 bits per heavy atom. The van der Waals surface area contributed by atoms with Gasteiger partial charge in [-0.2, -0.15) is 5.10 Å². The summed E-state index contributed by atoms with van der Waals surface area (Å²) in [5, 5.41) is 6.96. The smallest absolute Gasteiger partial charge is 0.262 e. The number of nitrogens with zero attached hydrogens (tertiary/aromatic N) is 4. The van der Waals surface area contributed by atoms with E-state index in [-0.39, 0.29) is 31.0 Å². The lowest BCUT2D eigenvalue weighted by molar-refractivity contribution is -0.143. The zero-order chi connectivity index (χ0) is 26.4. The van der Waals surface area contributed by atoms with E-state index < -0.39 is 0 Å². The summed E-state index contributed by atoms with van der Waals surface area (Å²) >= 11 is 6.13. The van der Waals surface area contributed by atoms with Crippen LogP contribution in [0.4, 0.5) is 0 Å². The molecule has 198 valence electrons. The summed E-state index contributed by atoms with van der Waals surface area (Å²) in [6.45, 7) is 8.09. The van der Waals surface area contributed by atoms with Crippen molar-refractivity contribution in [2.24, 2.45) is 5.10 Å². The van der Waals surface area contributed by atoms with Crippen LogP contribution in [0.1, 0.15) is 34.7 Å². The van der Waals surface area contributed by atoms with Crippen LogP contribution in [0.5, 0.6) is 0 Å². The molecule has 2 aliphatic heterocycles. The Balaban J connectivity index is 1.56. The van der Waals surface area contributed by atoms with Crippen LogP contribution in [0.3, 0.4) is 0 Å². The number of morpholine rings is 1. The van der Waals surface area contributed by atoms with Gasteiger partial charge in [0, 0.05) is 44.7 Å². The maximum absolute atomic E-state index is 13.7. The maximum Gasteiger partial charge on any atom is 0.262 e. The second-order valence-corrected chi connectivity index (χ2v) is 9.99. The number of hydrogen-bond donors (Lipinski definition) is 0. The summed E-state index contributed by atoms with van der Waals surface area (Å²) in [6, 6.07) is 13.5. The Labute approximate surface area is 223 Å². The summed E-state index contributed by atoms with van der Waals surface area (Å²) in [5.74, 6) is -0.449. The van der Waals surface area contributed by atoms with Crippen LogP contribution in [0.25, 0.3) is 0 Å². The molecular formula is C28H35ClN4O4. The summed E-state index contributed by atoms with van der Waals surface area (Å²) < 4.78 is 10.5. The van der Waals surface area contributed by atoms with Crippen molar-refractivity contribution in [3.8, 4) is 0 Å². The number of hydrogen-bond acceptors (Lipinski definition) is 6. The van der Waals surface area contributed by atoms with Crippen LogP contribution in [0.15, 0.2) is 47.6 Å². The van der Waals surface area contributed by atoms with Crippen molar-refractivity contribution in [2.75, 3.05) is 59.7 Å². The van der Waals surface area contributed by atoms with E-state index in [4.69, 9.17) is 26.2 Å². The third-order valence-corrected chi connectivity index (χ3v) is 7.25. The van der Waals surface area contributed by atoms with Gasteiger partial charge in [-0.25, -0.2) is 5.01 Å². The van der Waals surface area contributed by atoms with E-state index in [0.717, 1.165) is 29.9 Å². The fourth-order valence-electron chi connectivity index (χ4n) is 4.61. The van der Waals surface area contributed by atoms with E-state index in [0.29, 0.717) is 37.7 Å². The normalized spacial score (nSPS) is 18.1. The first-order valence-electron chi connectivity index (χ1n) is 12.6. The van der Waals surface area contributed by atoms with Crippen molar-refractivity contribution < 1.29 is 19.1 Å². The molecule has 1 unspecified atom stereocenters. The monoisotopic (exact) mass is 526 g/mol. The van der Waals surface area contributed by atoms with E-state index in [1.165, 1.54) is 23.2 Å². The van der Waals surface area contributed by atoms with Crippen molar-refractivity contribution in [1.29, 1.82) is 0 Å². The first-order valence-corrected chi connectivity index (χ1v) is 13.0. The minimum absolute atomic E-state index is 0.0691. The molecule has 0 radical (unpaired) electrons. The molecule has 2 heterocycles. The number of rotatable bonds is 9. The number of aryl methyl sites for hydroxylation is 2. The average molecular weight is 527 g/mol. The van der Waals surface area contributed by atoms with Gasteiger partial charge >= 0.3 is 0 Å². The molecule has 9 heteroatoms. The molecule has 2 aromatic rings. The molecule has 0 aliphatic carbocycles. The van der Waals surface area contributed by atoms with E-state index in [2.05, 4.69) is 30.9 Å². The highest BCUT2D eigenvalue weighted by Crippen LogP contribution is 2.34. The SMILES string of the molecule is COCC(=O)N(CCN1CCOCC1)CC(=O)N1N=C(c2ccc(C)c(C)c2)CC1c1ccc(Cl)cc1. The van der Waals surface area contributed by atoms with Crippen LogP contribution >= 0.6 is 11.6 Å². The number of benzene rings is 2. The Bertz CT molecular complexity index is 1130. The van der Waals surface area contributed by atoms with Gasteiger partial charge in [0.2, 0.25) is 5.91 Å². The molecule has 2 aliphatic rings. The average Bonchev–Trinajstić information content (AvgIpc) is 3.35. The van der Waals surface area contributed by atoms with Crippen LogP contribution in [-0.2, 0) is 19.1 Å². The Kier molecular flexibility index (Phi) is 9.32. The molecule has 1 fully saturated rings. The minimum Gasteiger partial charge on any atom is -0.379 e. The predicted molar refractivity (Wildman–Crippen MR) is 144 cm³/mol. The number of carbonyl (C=O) groups excluding carboxylic acids is 2. The van der Waals surface area contributed by atoms with Crippen LogP contribution < -0.4 is 0 Å². The van der Waals surface area contributed by atoms with Crippen molar-refractivity contribution in [1.82, 2.24) is 14.8 Å². The van der Waals surface area contributed by atoms with Crippen molar-refractivity contribution >= 4 is 29.1 Å². The Morgan fingerprint density at radius 1 is 1.11 bits per heavy atom. The largest absolute Gasteiger partial charge is 0.379 e. The summed E-state index contributed by atoms with van der Waals surface area (Å²) in [5.41, 5.74) is 5.17. The fourth-order valence-corrected chi connectivity index (χ4v) is 4.74. The van der Waals surface area contributed by atoms with Crippen LogP contribution in [0, 0.1) is 13.8 Å². The highest BCUT2D eigenvalue weighted by Gasteiger charge is 2.34. The second-order valence-electron chi connectivity index (χ2n) is 9.56. The highest BCUT2D eigenvalue weighted by molar-refractivity contribution is 6.30. The lowest BCUT2D eigenvalue weighted by Gasteiger charge is -2.31. The molecule has 2 aromatic carbocycles. The van der Waals surface area contributed by atoms with E-state index in [9.17, 15) is 9.59 Å². The fraction of sp³-hybridized carbons (Fsp3) is 0.464. The first-order chi connectivity index (χ1) is 17.9. The Hall–Kier alpha value is -2.78. The molecule has 0 aromatic heterocycles. The molecule has 1 saturated heterocycles. The van der Waals surface area contributed by atoms with Crippen LogP contribution in [0.2, 0.25) is 5.02 Å². The van der Waals surface area contributed by atoms with Gasteiger partial charge in [-0.1, -0.05) is 35.9 Å². The second kappa shape index (κ2) is 12.6. The molecule has 4 rings (SSSR count). The molecule has 8 nitrogen and oxygen atoms in total. The minimum atomic E-state index is -0.278. The number of methoxy groups -OCH3 is 1. The topological polar surface area (TPSA) is 74.7 Å². The number of ether oxygens (including phenoxy) is 2. The first kappa shape index (κ1) is 27.3. The third-order valence-electron chi connectivity index (χ3n) is 7.00. The van der Waals surface area contributed by atoms with Crippen molar-refractivity contribution in [3.63, 3.8) is 0 Å². The predicted octanol–water partition coefficient (Wildman–Crippen LogP) is 3.44. The van der Waals surface area contributed by atoms with Gasteiger partial charge in [0.15, 0.2) is 0 Å². The van der Waals surface area contributed by atoms with Crippen LogP contribution in [-0.4, -0.2) is 92.0 Å². The van der Waals surface area contributed by atoms with E-state index in [1.54, 1.807) is 4.90 Å². The van der Waals surface area contributed by atoms with E-state index in [1.807, 2.05) is 30.3 Å². The summed E-state index contributed by atoms with van der Waals surface area (Å²) in [6.07, 6.45) is 0.579. The molecule has 37 heavy (non-hydrogen) atoms. The van der Waals surface area contributed by atoms with Gasteiger partial charge in [-0.15, -0.1) is 0 Å². The summed E-state index contributed by atoms with van der Waals surface area (Å²) in [4.78, 5) is 30.3. The van der Waals surface area contributed by atoms with Gasteiger partial charge in [0.05, 0.1) is 25.0 Å². The van der Waals surface area contributed by atoms with Gasteiger partial charge in [0.25, 0.3) is 5.91 Å². The zero-order valence-electron chi connectivity index (χ0n) is 21.8. The molecule has 1 atom stereocenters. The van der Waals surface area contributed by atoms with Gasteiger partial charge in [-0.3, -0.25) is 14.5 Å². The zero-order valence-corrected chi connectivity index (χ0v) is 22.5. The van der Waals surface area contributed by atoms with Gasteiger partial charge in [0.1, 0.15) is 13.2 Å². The molecule has 0 spiro atoms. The summed E-state index contributed by atoms with van der Waals surface area (Å²) in [7, 11) is 1.48. The number of amides is 2. The molecular weight excluding hydrogens is 492 g/mol. The van der Waals surface area contributed by atoms with E-state index >= 15 is 0 Å². The molecule has 0 N–H and O–H groups in total. The third kappa shape index (κ3) is 6.96. The number of carbonyl (C=O) groups is 2. The maximum atomic E-state index is 13.7. The lowest BCUT2D eigenvalue weighted by Crippen LogP contribution is -2.47. The van der Waals surface area contributed by atoms with Crippen molar-refractivity contribution in [3.05, 3.63) is 69.7 Å². The van der Waals surface area contributed by atoms with Gasteiger partial charge in [-0.05, 0) is 54.3 Å². The molecule has 2 amide bonds. The number of hydrazone groups is 1. The van der Waals surface area contributed by atoms with Gasteiger partial charge < -0.3 is 14.4 Å². The Morgan fingerprint density at radius 3 is 2.51 bits per heavy atom. The highest BCUT2D eigenvalue weighted by atomic mass is 35.5. The standard InChI is InChI=1S/C28H35ClN4O4/c1-20-4-5-23(16-21(20)2)25-17-26(22-6-8-24(29)9-7-22)33(30-25)27(34)18-32(28(35)19-36-3)11-10-31-12-14-37-15-13-31/h4-9,16,26H,10-15,17-19H2,1-3H3. The number of halogens is 1. The lowest BCUT2D eigenvalue weighted by atomic mass is 9.96.